The van der Waals surface area contributed by atoms with Crippen LogP contribution in [0.5, 0.6) is 11.5 Å². The highest BCUT2D eigenvalue weighted by atomic mass is 127. The fourth-order valence-electron chi connectivity index (χ4n) is 3.83. The largest absolute Gasteiger partial charge is 0.490 e. The van der Waals surface area contributed by atoms with E-state index < -0.39 is 6.61 Å². The van der Waals surface area contributed by atoms with Crippen molar-refractivity contribution in [2.24, 2.45) is 16.8 Å². The summed E-state index contributed by atoms with van der Waals surface area (Å²) in [4.78, 5) is 6.80. The van der Waals surface area contributed by atoms with Crippen molar-refractivity contribution in [1.82, 2.24) is 15.5 Å². The molecule has 1 heterocycles. The van der Waals surface area contributed by atoms with E-state index in [-0.39, 0.29) is 29.7 Å². The number of nitrogens with one attached hydrogen (secondary N) is 2. The lowest BCUT2D eigenvalue weighted by Gasteiger charge is -2.34. The van der Waals surface area contributed by atoms with E-state index in [2.05, 4.69) is 34.4 Å². The first-order valence-corrected chi connectivity index (χ1v) is 10.8. The Bertz CT molecular complexity index is 677. The summed E-state index contributed by atoms with van der Waals surface area (Å²) in [5.74, 6) is 2.25. The van der Waals surface area contributed by atoms with E-state index in [0.29, 0.717) is 42.3 Å². The number of nitrogens with zero attached hydrogens (tertiary/aromatic N) is 2. The Morgan fingerprint density at radius 3 is 2.71 bits per heavy atom. The van der Waals surface area contributed by atoms with Crippen LogP contribution < -0.4 is 20.1 Å². The van der Waals surface area contributed by atoms with Crippen LogP contribution in [0.2, 0.25) is 0 Å². The van der Waals surface area contributed by atoms with Crippen LogP contribution in [0.4, 0.5) is 8.78 Å². The van der Waals surface area contributed by atoms with E-state index in [9.17, 15) is 8.78 Å². The van der Waals surface area contributed by atoms with Crippen molar-refractivity contribution >= 4 is 29.9 Å². The van der Waals surface area contributed by atoms with Gasteiger partial charge < -0.3 is 25.0 Å². The summed E-state index contributed by atoms with van der Waals surface area (Å²) in [5.41, 5.74) is 0.588. The topological polar surface area (TPSA) is 58.1 Å². The van der Waals surface area contributed by atoms with E-state index in [1.807, 2.05) is 0 Å². The van der Waals surface area contributed by atoms with Crippen molar-refractivity contribution in [1.29, 1.82) is 0 Å². The highest BCUT2D eigenvalue weighted by Gasteiger charge is 2.21. The molecule has 0 aliphatic carbocycles. The number of guanidine groups is 1. The van der Waals surface area contributed by atoms with Crippen molar-refractivity contribution in [2.45, 2.75) is 46.8 Å². The molecule has 0 amide bonds. The monoisotopic (exact) mass is 554 g/mol. The zero-order valence-corrected chi connectivity index (χ0v) is 21.3. The molecule has 1 aromatic rings. The van der Waals surface area contributed by atoms with Gasteiger partial charge in [0.05, 0.1) is 6.61 Å². The summed E-state index contributed by atoms with van der Waals surface area (Å²) in [7, 11) is 1.70. The van der Waals surface area contributed by atoms with Gasteiger partial charge in [0.2, 0.25) is 0 Å². The molecule has 1 unspecified atom stereocenters. The van der Waals surface area contributed by atoms with Crippen molar-refractivity contribution in [3.05, 3.63) is 23.8 Å². The van der Waals surface area contributed by atoms with Crippen molar-refractivity contribution in [3.8, 4) is 11.5 Å². The third-order valence-corrected chi connectivity index (χ3v) is 5.02. The fraction of sp³-hybridized carbons (Fsp3) is 0.682. The molecule has 9 heteroatoms. The van der Waals surface area contributed by atoms with Gasteiger partial charge in [0.25, 0.3) is 0 Å². The van der Waals surface area contributed by atoms with E-state index in [0.717, 1.165) is 19.6 Å². The molecule has 178 valence electrons. The standard InChI is InChI=1S/C22H36F2N4O2.HI/c1-5-29-19-10-6-9-18(20(19)30-21(23)24)13-27-22(25-4)26-12-17-8-7-11-28(15-17)14-16(2)3;/h6,9-10,16-17,21H,5,7-8,11-15H2,1-4H3,(H2,25,26,27);1H. The molecule has 0 saturated carbocycles. The van der Waals surface area contributed by atoms with Gasteiger partial charge in [-0.25, -0.2) is 0 Å². The first kappa shape index (κ1) is 27.7. The predicted octanol–water partition coefficient (Wildman–Crippen LogP) is 4.34. The Kier molecular flexibility index (Phi) is 13.1. The Morgan fingerprint density at radius 2 is 2.06 bits per heavy atom. The van der Waals surface area contributed by atoms with Gasteiger partial charge in [-0.3, -0.25) is 4.99 Å². The minimum atomic E-state index is -2.91. The summed E-state index contributed by atoms with van der Waals surface area (Å²) >= 11 is 0. The SMILES string of the molecule is CCOc1cccc(CNC(=NC)NCC2CCCN(CC(C)C)C2)c1OC(F)F.I. The molecule has 0 aromatic heterocycles. The van der Waals surface area contributed by atoms with Crippen LogP contribution in [0.3, 0.4) is 0 Å². The van der Waals surface area contributed by atoms with Crippen LogP contribution in [-0.4, -0.2) is 57.3 Å². The quantitative estimate of drug-likeness (QED) is 0.256. The molecule has 2 rings (SSSR count). The van der Waals surface area contributed by atoms with Crippen molar-refractivity contribution in [2.75, 3.05) is 39.8 Å². The number of rotatable bonds is 10. The fourth-order valence-corrected chi connectivity index (χ4v) is 3.83. The first-order chi connectivity index (χ1) is 14.4. The Labute approximate surface area is 202 Å². The van der Waals surface area contributed by atoms with Crippen molar-refractivity contribution in [3.63, 3.8) is 0 Å². The number of benzene rings is 1. The number of aliphatic imine (C=N–C) groups is 1. The normalized spacial score (nSPS) is 17.4. The van der Waals surface area contributed by atoms with E-state index >= 15 is 0 Å². The molecule has 31 heavy (non-hydrogen) atoms. The summed E-state index contributed by atoms with van der Waals surface area (Å²) in [6.45, 7) is 8.27. The van der Waals surface area contributed by atoms with E-state index in [1.165, 1.54) is 19.4 Å². The third kappa shape index (κ3) is 9.76. The molecule has 1 saturated heterocycles. The number of hydrogen-bond acceptors (Lipinski definition) is 4. The predicted molar refractivity (Wildman–Crippen MR) is 132 cm³/mol. The molecular formula is C22H37F2IN4O2. The number of halogens is 3. The summed E-state index contributed by atoms with van der Waals surface area (Å²) in [6.07, 6.45) is 2.41. The van der Waals surface area contributed by atoms with E-state index in [4.69, 9.17) is 9.47 Å². The molecule has 1 fully saturated rings. The maximum absolute atomic E-state index is 12.9. The van der Waals surface area contributed by atoms with Gasteiger partial charge in [-0.2, -0.15) is 8.78 Å². The second kappa shape index (κ2) is 14.7. The van der Waals surface area contributed by atoms with Crippen LogP contribution in [0, 0.1) is 11.8 Å². The number of hydrogen-bond donors (Lipinski definition) is 2. The van der Waals surface area contributed by atoms with Gasteiger partial charge in [0, 0.05) is 38.8 Å². The Morgan fingerprint density at radius 1 is 1.29 bits per heavy atom. The van der Waals surface area contributed by atoms with Crippen LogP contribution in [0.25, 0.3) is 0 Å². The average Bonchev–Trinajstić information content (AvgIpc) is 2.69. The average molecular weight is 554 g/mol. The summed E-state index contributed by atoms with van der Waals surface area (Å²) in [6, 6.07) is 5.14. The molecular weight excluding hydrogens is 517 g/mol. The lowest BCUT2D eigenvalue weighted by molar-refractivity contribution is -0.0520. The van der Waals surface area contributed by atoms with Crippen LogP contribution in [0.1, 0.15) is 39.2 Å². The van der Waals surface area contributed by atoms with Crippen LogP contribution in [-0.2, 0) is 6.54 Å². The Balaban J connectivity index is 0.00000480. The molecule has 1 aromatic carbocycles. The highest BCUT2D eigenvalue weighted by Crippen LogP contribution is 2.32. The van der Waals surface area contributed by atoms with Crippen LogP contribution >= 0.6 is 24.0 Å². The number of likely N-dealkylation sites (tertiary alicyclic amines) is 1. The number of ether oxygens (including phenoxy) is 2. The maximum Gasteiger partial charge on any atom is 0.387 e. The molecule has 0 bridgehead atoms. The zero-order chi connectivity index (χ0) is 21.9. The third-order valence-electron chi connectivity index (χ3n) is 5.02. The van der Waals surface area contributed by atoms with Gasteiger partial charge in [0.1, 0.15) is 0 Å². The molecule has 2 N–H and O–H groups in total. The minimum absolute atomic E-state index is 0. The van der Waals surface area contributed by atoms with Gasteiger partial charge in [0.15, 0.2) is 17.5 Å². The molecule has 0 radical (unpaired) electrons. The Hall–Kier alpha value is -1.36. The second-order valence-corrected chi connectivity index (χ2v) is 8.02. The van der Waals surface area contributed by atoms with Gasteiger partial charge in [-0.05, 0) is 44.2 Å². The number of piperidine rings is 1. The lowest BCUT2D eigenvalue weighted by Crippen LogP contribution is -2.45. The molecule has 1 aliphatic heterocycles. The summed E-state index contributed by atoms with van der Waals surface area (Å²) in [5, 5.41) is 6.57. The molecule has 6 nitrogen and oxygen atoms in total. The first-order valence-electron chi connectivity index (χ1n) is 10.8. The minimum Gasteiger partial charge on any atom is -0.490 e. The lowest BCUT2D eigenvalue weighted by atomic mass is 9.97. The van der Waals surface area contributed by atoms with Crippen LogP contribution in [0.15, 0.2) is 23.2 Å². The summed E-state index contributed by atoms with van der Waals surface area (Å²) < 4.78 is 35.9. The second-order valence-electron chi connectivity index (χ2n) is 8.02. The van der Waals surface area contributed by atoms with E-state index in [1.54, 1.807) is 32.2 Å². The van der Waals surface area contributed by atoms with Gasteiger partial charge in [-0.1, -0.05) is 26.0 Å². The maximum atomic E-state index is 12.9. The number of alkyl halides is 2. The zero-order valence-electron chi connectivity index (χ0n) is 19.0. The molecule has 0 spiro atoms. The smallest absolute Gasteiger partial charge is 0.387 e. The van der Waals surface area contributed by atoms with Gasteiger partial charge in [-0.15, -0.1) is 24.0 Å². The van der Waals surface area contributed by atoms with Gasteiger partial charge >= 0.3 is 6.61 Å². The van der Waals surface area contributed by atoms with Crippen molar-refractivity contribution < 1.29 is 18.3 Å². The molecule has 1 aliphatic rings. The number of para-hydroxylation sites is 1. The highest BCUT2D eigenvalue weighted by molar-refractivity contribution is 14.0. The molecule has 1 atom stereocenters.